The minimum Gasteiger partial charge on any atom is -0.504 e. The van der Waals surface area contributed by atoms with Crippen LogP contribution >= 0.6 is 11.6 Å². The van der Waals surface area contributed by atoms with E-state index in [0.29, 0.717) is 5.56 Å². The highest BCUT2D eigenvalue weighted by Crippen LogP contribution is 2.35. The zero-order valence-corrected chi connectivity index (χ0v) is 9.08. The normalized spacial score (nSPS) is 12.2. The Hall–Kier alpha value is -1.42. The van der Waals surface area contributed by atoms with Gasteiger partial charge >= 0.3 is 5.97 Å². The van der Waals surface area contributed by atoms with E-state index in [2.05, 4.69) is 4.74 Å². The summed E-state index contributed by atoms with van der Waals surface area (Å²) in [5.74, 6) is -1.68. The van der Waals surface area contributed by atoms with E-state index in [-0.39, 0.29) is 16.5 Å². The summed E-state index contributed by atoms with van der Waals surface area (Å²) in [5, 5.41) is 18.6. The van der Waals surface area contributed by atoms with Crippen molar-refractivity contribution in [1.29, 1.82) is 0 Å². The Kier molecular flexibility index (Phi) is 3.42. The lowest BCUT2D eigenvalue weighted by atomic mass is 10.0. The lowest BCUT2D eigenvalue weighted by Crippen LogP contribution is -2.11. The van der Waals surface area contributed by atoms with E-state index in [4.69, 9.17) is 16.7 Å². The van der Waals surface area contributed by atoms with Crippen LogP contribution in [0.4, 0.5) is 0 Å². The number of halogens is 1. The van der Waals surface area contributed by atoms with Gasteiger partial charge < -0.3 is 14.9 Å². The Morgan fingerprint density at radius 3 is 2.47 bits per heavy atom. The highest BCUT2D eigenvalue weighted by molar-refractivity contribution is 6.31. The Morgan fingerprint density at radius 2 is 1.93 bits per heavy atom. The Labute approximate surface area is 92.1 Å². The van der Waals surface area contributed by atoms with Gasteiger partial charge in [0.05, 0.1) is 13.0 Å². The molecule has 1 aromatic rings. The summed E-state index contributed by atoms with van der Waals surface area (Å²) < 4.78 is 4.55. The third-order valence-electron chi connectivity index (χ3n) is 2.12. The van der Waals surface area contributed by atoms with Crippen molar-refractivity contribution in [3.8, 4) is 11.5 Å². The second-order valence-corrected chi connectivity index (χ2v) is 3.51. The first kappa shape index (κ1) is 11.7. The summed E-state index contributed by atoms with van der Waals surface area (Å²) in [5.41, 5.74) is 0.416. The number of carbonyl (C=O) groups is 1. The maximum Gasteiger partial charge on any atom is 0.312 e. The fraction of sp³-hybridized carbons (Fsp3) is 0.300. The summed E-state index contributed by atoms with van der Waals surface area (Å²) in [7, 11) is 1.27. The van der Waals surface area contributed by atoms with Crippen LogP contribution in [0.15, 0.2) is 12.1 Å². The van der Waals surface area contributed by atoms with Gasteiger partial charge in [-0.05, 0) is 18.6 Å². The fourth-order valence-corrected chi connectivity index (χ4v) is 1.52. The van der Waals surface area contributed by atoms with E-state index in [1.54, 1.807) is 6.92 Å². The molecule has 1 unspecified atom stereocenters. The first-order valence-corrected chi connectivity index (χ1v) is 4.64. The van der Waals surface area contributed by atoms with Crippen molar-refractivity contribution in [2.75, 3.05) is 7.11 Å². The van der Waals surface area contributed by atoms with Crippen LogP contribution in [0.2, 0.25) is 5.02 Å². The monoisotopic (exact) mass is 230 g/mol. The Balaban J connectivity index is 3.14. The molecule has 0 spiro atoms. The predicted molar refractivity (Wildman–Crippen MR) is 55.2 cm³/mol. The van der Waals surface area contributed by atoms with E-state index < -0.39 is 11.9 Å². The number of phenolic OH excluding ortho intramolecular Hbond substituents is 2. The van der Waals surface area contributed by atoms with Crippen LogP contribution in [-0.2, 0) is 9.53 Å². The van der Waals surface area contributed by atoms with Crippen molar-refractivity contribution < 1.29 is 19.7 Å². The van der Waals surface area contributed by atoms with Gasteiger partial charge in [0.25, 0.3) is 0 Å². The summed E-state index contributed by atoms with van der Waals surface area (Å²) in [6, 6.07) is 2.44. The largest absolute Gasteiger partial charge is 0.504 e. The summed E-state index contributed by atoms with van der Waals surface area (Å²) in [4.78, 5) is 11.2. The van der Waals surface area contributed by atoms with E-state index in [1.807, 2.05) is 0 Å². The second kappa shape index (κ2) is 4.40. The summed E-state index contributed by atoms with van der Waals surface area (Å²) in [6.45, 7) is 1.60. The van der Waals surface area contributed by atoms with Crippen molar-refractivity contribution in [2.24, 2.45) is 0 Å². The SMILES string of the molecule is COC(=O)C(C)c1cc(O)c(O)cc1Cl. The Bertz CT molecular complexity index is 389. The van der Waals surface area contributed by atoms with Crippen LogP contribution in [0.5, 0.6) is 11.5 Å². The summed E-state index contributed by atoms with van der Waals surface area (Å²) in [6.07, 6.45) is 0. The third kappa shape index (κ3) is 2.33. The molecule has 0 saturated carbocycles. The van der Waals surface area contributed by atoms with Crippen molar-refractivity contribution in [3.63, 3.8) is 0 Å². The maximum absolute atomic E-state index is 11.2. The molecule has 1 atom stereocenters. The topological polar surface area (TPSA) is 66.8 Å². The average Bonchev–Trinajstić information content (AvgIpc) is 2.21. The van der Waals surface area contributed by atoms with Gasteiger partial charge in [-0.1, -0.05) is 11.6 Å². The second-order valence-electron chi connectivity index (χ2n) is 3.11. The molecule has 2 N–H and O–H groups in total. The molecule has 82 valence electrons. The number of hydrogen-bond donors (Lipinski definition) is 2. The molecule has 0 aromatic heterocycles. The molecule has 0 amide bonds. The van der Waals surface area contributed by atoms with E-state index in [0.717, 1.165) is 0 Å². The van der Waals surface area contributed by atoms with Gasteiger partial charge in [0.2, 0.25) is 0 Å². The molecule has 5 heteroatoms. The molecule has 0 aliphatic rings. The van der Waals surface area contributed by atoms with Crippen molar-refractivity contribution in [2.45, 2.75) is 12.8 Å². The standard InChI is InChI=1S/C10H11ClO4/c1-5(10(14)15-2)6-3-8(12)9(13)4-7(6)11/h3-5,12-13H,1-2H3. The molecular weight excluding hydrogens is 220 g/mol. The number of benzene rings is 1. The zero-order chi connectivity index (χ0) is 11.6. The number of hydrogen-bond acceptors (Lipinski definition) is 4. The first-order valence-electron chi connectivity index (χ1n) is 4.26. The van der Waals surface area contributed by atoms with Crippen molar-refractivity contribution in [1.82, 2.24) is 0 Å². The third-order valence-corrected chi connectivity index (χ3v) is 2.44. The molecular formula is C10H11ClO4. The molecule has 0 saturated heterocycles. The van der Waals surface area contributed by atoms with E-state index >= 15 is 0 Å². The molecule has 1 aromatic carbocycles. The lowest BCUT2D eigenvalue weighted by Gasteiger charge is -2.12. The molecule has 0 aliphatic heterocycles. The fourth-order valence-electron chi connectivity index (χ4n) is 1.20. The van der Waals surface area contributed by atoms with Crippen LogP contribution in [0.3, 0.4) is 0 Å². The number of phenols is 2. The van der Waals surface area contributed by atoms with E-state index in [1.165, 1.54) is 19.2 Å². The van der Waals surface area contributed by atoms with Gasteiger partial charge in [-0.25, -0.2) is 0 Å². The van der Waals surface area contributed by atoms with Crippen molar-refractivity contribution in [3.05, 3.63) is 22.7 Å². The molecule has 15 heavy (non-hydrogen) atoms. The van der Waals surface area contributed by atoms with Crippen LogP contribution in [0.25, 0.3) is 0 Å². The minimum atomic E-state index is -0.589. The number of ether oxygens (including phenoxy) is 1. The highest BCUT2D eigenvalue weighted by atomic mass is 35.5. The van der Waals surface area contributed by atoms with Gasteiger partial charge in [-0.15, -0.1) is 0 Å². The molecule has 0 heterocycles. The number of esters is 1. The van der Waals surface area contributed by atoms with Crippen LogP contribution in [0, 0.1) is 0 Å². The highest BCUT2D eigenvalue weighted by Gasteiger charge is 2.20. The molecule has 4 nitrogen and oxygen atoms in total. The molecule has 1 rings (SSSR count). The zero-order valence-electron chi connectivity index (χ0n) is 8.32. The van der Waals surface area contributed by atoms with Crippen LogP contribution in [-0.4, -0.2) is 23.3 Å². The Morgan fingerprint density at radius 1 is 1.40 bits per heavy atom. The lowest BCUT2D eigenvalue weighted by molar-refractivity contribution is -0.141. The maximum atomic E-state index is 11.2. The quantitative estimate of drug-likeness (QED) is 0.603. The average molecular weight is 231 g/mol. The van der Waals surface area contributed by atoms with Gasteiger partial charge in [-0.3, -0.25) is 4.79 Å². The number of rotatable bonds is 2. The van der Waals surface area contributed by atoms with Crippen LogP contribution < -0.4 is 0 Å². The molecule has 0 fully saturated rings. The first-order chi connectivity index (χ1) is 6.97. The van der Waals surface area contributed by atoms with Gasteiger partial charge in [-0.2, -0.15) is 0 Å². The smallest absolute Gasteiger partial charge is 0.312 e. The van der Waals surface area contributed by atoms with Gasteiger partial charge in [0, 0.05) is 11.1 Å². The minimum absolute atomic E-state index is 0.211. The molecule has 0 bridgehead atoms. The van der Waals surface area contributed by atoms with Crippen molar-refractivity contribution >= 4 is 17.6 Å². The molecule has 0 aliphatic carbocycles. The van der Waals surface area contributed by atoms with Gasteiger partial charge in [0.1, 0.15) is 0 Å². The predicted octanol–water partition coefficient (Wildman–Crippen LogP) is 2.03. The summed E-state index contributed by atoms with van der Waals surface area (Å²) >= 11 is 5.82. The molecule has 0 radical (unpaired) electrons. The van der Waals surface area contributed by atoms with Gasteiger partial charge in [0.15, 0.2) is 11.5 Å². The number of methoxy groups -OCH3 is 1. The van der Waals surface area contributed by atoms with E-state index in [9.17, 15) is 9.90 Å². The number of aromatic hydroxyl groups is 2. The van der Waals surface area contributed by atoms with Crippen LogP contribution in [0.1, 0.15) is 18.4 Å². The number of carbonyl (C=O) groups excluding carboxylic acids is 1.